The lowest BCUT2D eigenvalue weighted by atomic mass is 10.0. The molecule has 1 heterocycles. The molecule has 2 rings (SSSR count). The van der Waals surface area contributed by atoms with E-state index in [1.807, 2.05) is 11.4 Å². The summed E-state index contributed by atoms with van der Waals surface area (Å²) in [5, 5.41) is 12.6. The molecule has 2 aromatic rings. The lowest BCUT2D eigenvalue weighted by molar-refractivity contribution is 0.170. The van der Waals surface area contributed by atoms with E-state index in [-0.39, 0.29) is 0 Å². The van der Waals surface area contributed by atoms with Gasteiger partial charge in [0.25, 0.3) is 0 Å². The second kappa shape index (κ2) is 7.15. The number of halogens is 1. The molecule has 0 saturated carbocycles. The molecule has 0 fully saturated rings. The molecule has 0 aliphatic rings. The maximum Gasteiger partial charge on any atom is 0.132 e. The molecular formula is C15H17BrO4S. The van der Waals surface area contributed by atoms with Gasteiger partial charge in [-0.05, 0) is 22.0 Å². The monoisotopic (exact) mass is 372 g/mol. The fourth-order valence-electron chi connectivity index (χ4n) is 2.11. The number of methoxy groups -OCH3 is 3. The Bertz CT molecular complexity index is 586. The minimum Gasteiger partial charge on any atom is -0.496 e. The Labute approximate surface area is 136 Å². The van der Waals surface area contributed by atoms with Gasteiger partial charge in [0.2, 0.25) is 0 Å². The standard InChI is InChI=1S/C15H17BrO4S/c1-18-10-5-13(19-2)15(14(6-10)20-3)12(17)7-11-4-9(16)8-21-11/h4-6,8,12,17H,7H2,1-3H3. The summed E-state index contributed by atoms with van der Waals surface area (Å²) in [6, 6.07) is 5.48. The van der Waals surface area contributed by atoms with E-state index in [0.717, 1.165) is 9.35 Å². The normalized spacial score (nSPS) is 12.0. The fourth-order valence-corrected chi connectivity index (χ4v) is 3.60. The van der Waals surface area contributed by atoms with Crippen LogP contribution in [0.4, 0.5) is 0 Å². The molecule has 21 heavy (non-hydrogen) atoms. The second-order valence-electron chi connectivity index (χ2n) is 4.40. The van der Waals surface area contributed by atoms with Crippen LogP contribution in [0.15, 0.2) is 28.1 Å². The number of hydrogen-bond donors (Lipinski definition) is 1. The first-order valence-corrected chi connectivity index (χ1v) is 7.97. The first-order valence-electron chi connectivity index (χ1n) is 6.30. The van der Waals surface area contributed by atoms with E-state index in [4.69, 9.17) is 14.2 Å². The minimum atomic E-state index is -0.716. The van der Waals surface area contributed by atoms with Gasteiger partial charge in [-0.3, -0.25) is 0 Å². The molecule has 4 nitrogen and oxygen atoms in total. The van der Waals surface area contributed by atoms with E-state index in [9.17, 15) is 5.11 Å². The van der Waals surface area contributed by atoms with Gasteiger partial charge in [-0.15, -0.1) is 11.3 Å². The maximum atomic E-state index is 10.6. The number of thiophene rings is 1. The van der Waals surface area contributed by atoms with Crippen LogP contribution >= 0.6 is 27.3 Å². The summed E-state index contributed by atoms with van der Waals surface area (Å²) in [4.78, 5) is 1.08. The molecule has 1 unspecified atom stereocenters. The molecule has 1 aromatic carbocycles. The quantitative estimate of drug-likeness (QED) is 0.837. The highest BCUT2D eigenvalue weighted by Gasteiger charge is 2.21. The Hall–Kier alpha value is -1.24. The average molecular weight is 373 g/mol. The zero-order valence-corrected chi connectivity index (χ0v) is 14.5. The van der Waals surface area contributed by atoms with Crippen molar-refractivity contribution in [3.63, 3.8) is 0 Å². The molecule has 0 saturated heterocycles. The van der Waals surface area contributed by atoms with Gasteiger partial charge >= 0.3 is 0 Å². The van der Waals surface area contributed by atoms with Crippen molar-refractivity contribution < 1.29 is 19.3 Å². The van der Waals surface area contributed by atoms with Crippen LogP contribution in [0.5, 0.6) is 17.2 Å². The van der Waals surface area contributed by atoms with E-state index in [1.165, 1.54) is 0 Å². The lowest BCUT2D eigenvalue weighted by Gasteiger charge is -2.19. The van der Waals surface area contributed by atoms with Gasteiger partial charge in [0.1, 0.15) is 17.2 Å². The van der Waals surface area contributed by atoms with Gasteiger partial charge in [-0.25, -0.2) is 0 Å². The van der Waals surface area contributed by atoms with Crippen LogP contribution in [0.2, 0.25) is 0 Å². The van der Waals surface area contributed by atoms with Gasteiger partial charge in [0.15, 0.2) is 0 Å². The van der Waals surface area contributed by atoms with Crippen LogP contribution in [-0.4, -0.2) is 26.4 Å². The molecule has 0 radical (unpaired) electrons. The molecule has 6 heteroatoms. The third kappa shape index (κ3) is 3.70. The van der Waals surface area contributed by atoms with Crippen LogP contribution in [0, 0.1) is 0 Å². The number of aliphatic hydroxyl groups is 1. The van der Waals surface area contributed by atoms with E-state index in [1.54, 1.807) is 44.8 Å². The fraction of sp³-hybridized carbons (Fsp3) is 0.333. The zero-order chi connectivity index (χ0) is 15.4. The largest absolute Gasteiger partial charge is 0.496 e. The van der Waals surface area contributed by atoms with Crippen molar-refractivity contribution in [3.05, 3.63) is 38.5 Å². The van der Waals surface area contributed by atoms with Crippen LogP contribution in [-0.2, 0) is 6.42 Å². The lowest BCUT2D eigenvalue weighted by Crippen LogP contribution is -2.06. The van der Waals surface area contributed by atoms with Gasteiger partial charge in [-0.2, -0.15) is 0 Å². The van der Waals surface area contributed by atoms with Crippen molar-refractivity contribution in [3.8, 4) is 17.2 Å². The molecule has 0 aliphatic heterocycles. The molecule has 1 aromatic heterocycles. The Kier molecular flexibility index (Phi) is 5.50. The molecule has 1 N–H and O–H groups in total. The Morgan fingerprint density at radius 3 is 2.14 bits per heavy atom. The van der Waals surface area contributed by atoms with Gasteiger partial charge < -0.3 is 19.3 Å². The van der Waals surface area contributed by atoms with Crippen molar-refractivity contribution in [1.29, 1.82) is 0 Å². The first kappa shape index (κ1) is 16.1. The third-order valence-electron chi connectivity index (χ3n) is 3.10. The predicted octanol–water partition coefficient (Wildman–Crippen LogP) is 3.81. The maximum absolute atomic E-state index is 10.6. The van der Waals surface area contributed by atoms with Crippen LogP contribution < -0.4 is 14.2 Å². The zero-order valence-electron chi connectivity index (χ0n) is 12.1. The van der Waals surface area contributed by atoms with E-state index in [2.05, 4.69) is 15.9 Å². The van der Waals surface area contributed by atoms with Gasteiger partial charge in [0, 0.05) is 33.3 Å². The topological polar surface area (TPSA) is 47.9 Å². The first-order chi connectivity index (χ1) is 10.1. The summed E-state index contributed by atoms with van der Waals surface area (Å²) in [5.74, 6) is 1.72. The molecule has 0 bridgehead atoms. The smallest absolute Gasteiger partial charge is 0.132 e. The Morgan fingerprint density at radius 2 is 1.71 bits per heavy atom. The second-order valence-corrected chi connectivity index (χ2v) is 6.31. The summed E-state index contributed by atoms with van der Waals surface area (Å²) in [6.07, 6.45) is -0.221. The van der Waals surface area contributed by atoms with Gasteiger partial charge in [0.05, 0.1) is 33.0 Å². The summed E-state index contributed by atoms with van der Waals surface area (Å²) < 4.78 is 17.0. The molecular weight excluding hydrogens is 356 g/mol. The molecule has 0 amide bonds. The van der Waals surface area contributed by atoms with Crippen molar-refractivity contribution in [2.24, 2.45) is 0 Å². The highest BCUT2D eigenvalue weighted by molar-refractivity contribution is 9.10. The Balaban J connectivity index is 2.36. The number of hydrogen-bond acceptors (Lipinski definition) is 5. The molecule has 0 spiro atoms. The predicted molar refractivity (Wildman–Crippen MR) is 86.8 cm³/mol. The summed E-state index contributed by atoms with van der Waals surface area (Å²) >= 11 is 5.01. The summed E-state index contributed by atoms with van der Waals surface area (Å²) in [7, 11) is 4.70. The van der Waals surface area contributed by atoms with Crippen LogP contribution in [0.1, 0.15) is 16.5 Å². The molecule has 1 atom stereocenters. The third-order valence-corrected chi connectivity index (χ3v) is 4.82. The number of ether oxygens (including phenoxy) is 3. The van der Waals surface area contributed by atoms with Crippen LogP contribution in [0.3, 0.4) is 0 Å². The highest BCUT2D eigenvalue weighted by atomic mass is 79.9. The summed E-state index contributed by atoms with van der Waals surface area (Å²) in [5.41, 5.74) is 0.630. The Morgan fingerprint density at radius 1 is 1.10 bits per heavy atom. The van der Waals surface area contributed by atoms with E-state index >= 15 is 0 Å². The SMILES string of the molecule is COc1cc(OC)c(C(O)Cc2cc(Br)cs2)c(OC)c1. The number of aliphatic hydroxyl groups excluding tert-OH is 1. The minimum absolute atomic E-state index is 0.495. The van der Waals surface area contributed by atoms with E-state index < -0.39 is 6.10 Å². The van der Waals surface area contributed by atoms with Crippen molar-refractivity contribution in [1.82, 2.24) is 0 Å². The molecule has 114 valence electrons. The number of benzene rings is 1. The highest BCUT2D eigenvalue weighted by Crippen LogP contribution is 2.40. The van der Waals surface area contributed by atoms with Gasteiger partial charge in [-0.1, -0.05) is 0 Å². The number of rotatable bonds is 6. The van der Waals surface area contributed by atoms with E-state index in [0.29, 0.717) is 29.2 Å². The molecule has 0 aliphatic carbocycles. The average Bonchev–Trinajstić information content (AvgIpc) is 2.90. The van der Waals surface area contributed by atoms with Crippen molar-refractivity contribution >= 4 is 27.3 Å². The van der Waals surface area contributed by atoms with Crippen molar-refractivity contribution in [2.45, 2.75) is 12.5 Å². The summed E-state index contributed by atoms with van der Waals surface area (Å²) in [6.45, 7) is 0. The van der Waals surface area contributed by atoms with Crippen molar-refractivity contribution in [2.75, 3.05) is 21.3 Å². The van der Waals surface area contributed by atoms with Crippen LogP contribution in [0.25, 0.3) is 0 Å².